The SMILES string of the molecule is Cc1cccc(C(=O)N[C@H](c2ccc(Cl)o2)c2cc(F)ccc2O)n1. The van der Waals surface area contributed by atoms with Crippen LogP contribution in [0, 0.1) is 12.7 Å². The standard InChI is InChI=1S/C18H14ClFN2O3/c1-10-3-2-4-13(21-10)18(24)22-17(15-7-8-16(19)25-15)12-9-11(20)5-6-14(12)23/h2-9,17,23H,1H3,(H,22,24)/t17-/m0/s1. The van der Waals surface area contributed by atoms with E-state index in [-0.39, 0.29) is 28.0 Å². The van der Waals surface area contributed by atoms with Gasteiger partial charge in [0.15, 0.2) is 5.22 Å². The molecule has 1 aromatic carbocycles. The molecule has 0 saturated carbocycles. The van der Waals surface area contributed by atoms with Crippen molar-refractivity contribution < 1.29 is 18.7 Å². The van der Waals surface area contributed by atoms with Gasteiger partial charge in [0.25, 0.3) is 5.91 Å². The first-order valence-corrected chi connectivity index (χ1v) is 7.80. The number of aromatic nitrogens is 1. The number of hydrogen-bond donors (Lipinski definition) is 2. The first kappa shape index (κ1) is 17.0. The third kappa shape index (κ3) is 3.80. The van der Waals surface area contributed by atoms with Crippen LogP contribution in [0.3, 0.4) is 0 Å². The zero-order valence-corrected chi connectivity index (χ0v) is 13.9. The van der Waals surface area contributed by atoms with Gasteiger partial charge < -0.3 is 14.8 Å². The molecule has 5 nitrogen and oxygen atoms in total. The van der Waals surface area contributed by atoms with Crippen molar-refractivity contribution in [3.8, 4) is 5.75 Å². The molecule has 0 aliphatic carbocycles. The predicted molar refractivity (Wildman–Crippen MR) is 90.1 cm³/mol. The van der Waals surface area contributed by atoms with Crippen molar-refractivity contribution in [2.24, 2.45) is 0 Å². The quantitative estimate of drug-likeness (QED) is 0.737. The van der Waals surface area contributed by atoms with E-state index >= 15 is 0 Å². The topological polar surface area (TPSA) is 75.4 Å². The molecule has 3 aromatic rings. The number of halogens is 2. The van der Waals surface area contributed by atoms with E-state index in [0.717, 1.165) is 12.1 Å². The molecular weight excluding hydrogens is 347 g/mol. The number of carbonyl (C=O) groups excluding carboxylic acids is 1. The Bertz CT molecular complexity index is 926. The lowest BCUT2D eigenvalue weighted by Crippen LogP contribution is -2.30. The molecule has 0 unspecified atom stereocenters. The van der Waals surface area contributed by atoms with Crippen LogP contribution in [0.4, 0.5) is 4.39 Å². The fraction of sp³-hybridized carbons (Fsp3) is 0.111. The molecule has 2 aromatic heterocycles. The van der Waals surface area contributed by atoms with Gasteiger partial charge >= 0.3 is 0 Å². The lowest BCUT2D eigenvalue weighted by molar-refractivity contribution is 0.0933. The van der Waals surface area contributed by atoms with Gasteiger partial charge in [-0.25, -0.2) is 9.37 Å². The van der Waals surface area contributed by atoms with Crippen molar-refractivity contribution in [1.82, 2.24) is 10.3 Å². The maximum absolute atomic E-state index is 13.6. The van der Waals surface area contributed by atoms with E-state index in [4.69, 9.17) is 16.0 Å². The van der Waals surface area contributed by atoms with Crippen LogP contribution in [0.5, 0.6) is 5.75 Å². The summed E-state index contributed by atoms with van der Waals surface area (Å²) in [7, 11) is 0. The Morgan fingerprint density at radius 3 is 2.76 bits per heavy atom. The Balaban J connectivity index is 2.00. The van der Waals surface area contributed by atoms with Gasteiger partial charge in [-0.3, -0.25) is 4.79 Å². The third-order valence-corrected chi connectivity index (χ3v) is 3.78. The second kappa shape index (κ2) is 6.94. The zero-order valence-electron chi connectivity index (χ0n) is 13.2. The van der Waals surface area contributed by atoms with Crippen molar-refractivity contribution >= 4 is 17.5 Å². The van der Waals surface area contributed by atoms with Crippen molar-refractivity contribution in [2.75, 3.05) is 0 Å². The normalized spacial score (nSPS) is 12.0. The highest BCUT2D eigenvalue weighted by atomic mass is 35.5. The number of carbonyl (C=O) groups is 1. The van der Waals surface area contributed by atoms with Crippen molar-refractivity contribution in [3.05, 3.63) is 82.3 Å². The molecule has 0 aliphatic heterocycles. The highest BCUT2D eigenvalue weighted by Crippen LogP contribution is 2.32. The number of nitrogens with one attached hydrogen (secondary N) is 1. The maximum Gasteiger partial charge on any atom is 0.270 e. The summed E-state index contributed by atoms with van der Waals surface area (Å²) in [5.41, 5.74) is 1.02. The molecule has 0 bridgehead atoms. The molecule has 3 rings (SSSR count). The van der Waals surface area contributed by atoms with Crippen LogP contribution in [0.15, 0.2) is 52.9 Å². The molecule has 0 saturated heterocycles. The van der Waals surface area contributed by atoms with Crippen LogP contribution in [0.2, 0.25) is 5.22 Å². The summed E-state index contributed by atoms with van der Waals surface area (Å²) in [6.45, 7) is 1.76. The van der Waals surface area contributed by atoms with Crippen LogP contribution in [-0.4, -0.2) is 16.0 Å². The maximum atomic E-state index is 13.6. The number of aromatic hydroxyl groups is 1. The van der Waals surface area contributed by atoms with Gasteiger partial charge in [0.05, 0.1) is 0 Å². The average molecular weight is 361 g/mol. The fourth-order valence-electron chi connectivity index (χ4n) is 2.42. The largest absolute Gasteiger partial charge is 0.508 e. The molecule has 1 amide bonds. The molecule has 25 heavy (non-hydrogen) atoms. The average Bonchev–Trinajstić information content (AvgIpc) is 3.01. The number of aryl methyl sites for hydroxylation is 1. The zero-order chi connectivity index (χ0) is 18.0. The van der Waals surface area contributed by atoms with Gasteiger partial charge in [0.2, 0.25) is 0 Å². The number of furan rings is 1. The predicted octanol–water partition coefficient (Wildman–Crippen LogP) is 4.00. The lowest BCUT2D eigenvalue weighted by atomic mass is 10.0. The van der Waals surface area contributed by atoms with Crippen LogP contribution in [0.25, 0.3) is 0 Å². The van der Waals surface area contributed by atoms with Gasteiger partial charge in [0, 0.05) is 11.3 Å². The Morgan fingerprint density at radius 2 is 2.08 bits per heavy atom. The summed E-state index contributed by atoms with van der Waals surface area (Å²) in [5, 5.41) is 12.9. The molecule has 2 N–H and O–H groups in total. The van der Waals surface area contributed by atoms with Crippen molar-refractivity contribution in [1.29, 1.82) is 0 Å². The molecule has 1 atom stereocenters. The van der Waals surface area contributed by atoms with E-state index in [1.54, 1.807) is 31.2 Å². The number of amides is 1. The highest BCUT2D eigenvalue weighted by Gasteiger charge is 2.24. The molecule has 2 heterocycles. The van der Waals surface area contributed by atoms with Crippen molar-refractivity contribution in [3.63, 3.8) is 0 Å². The van der Waals surface area contributed by atoms with E-state index in [2.05, 4.69) is 10.3 Å². The third-order valence-electron chi connectivity index (χ3n) is 3.58. The van der Waals surface area contributed by atoms with Crippen LogP contribution >= 0.6 is 11.6 Å². The van der Waals surface area contributed by atoms with Crippen LogP contribution in [-0.2, 0) is 0 Å². The number of phenols is 1. The number of hydrogen-bond acceptors (Lipinski definition) is 4. The highest BCUT2D eigenvalue weighted by molar-refractivity contribution is 6.28. The second-order valence-corrected chi connectivity index (χ2v) is 5.79. The molecule has 0 spiro atoms. The van der Waals surface area contributed by atoms with E-state index in [9.17, 15) is 14.3 Å². The van der Waals surface area contributed by atoms with Crippen LogP contribution < -0.4 is 5.32 Å². The minimum atomic E-state index is -0.932. The van der Waals surface area contributed by atoms with Crippen molar-refractivity contribution in [2.45, 2.75) is 13.0 Å². The molecule has 0 aliphatic rings. The smallest absolute Gasteiger partial charge is 0.270 e. The summed E-state index contributed by atoms with van der Waals surface area (Å²) in [6.07, 6.45) is 0. The van der Waals surface area contributed by atoms with Gasteiger partial charge in [-0.2, -0.15) is 0 Å². The minimum absolute atomic E-state index is 0.110. The molecule has 7 heteroatoms. The van der Waals surface area contributed by atoms with E-state index in [1.165, 1.54) is 12.1 Å². The fourth-order valence-corrected chi connectivity index (χ4v) is 2.57. The van der Waals surface area contributed by atoms with E-state index in [0.29, 0.717) is 5.69 Å². The van der Waals surface area contributed by atoms with E-state index in [1.807, 2.05) is 0 Å². The van der Waals surface area contributed by atoms with Gasteiger partial charge in [-0.1, -0.05) is 6.07 Å². The first-order valence-electron chi connectivity index (χ1n) is 7.42. The Kier molecular flexibility index (Phi) is 4.72. The van der Waals surface area contributed by atoms with Gasteiger partial charge in [-0.15, -0.1) is 0 Å². The Labute approximate surface area is 148 Å². The molecular formula is C18H14ClFN2O3. The number of rotatable bonds is 4. The second-order valence-electron chi connectivity index (χ2n) is 5.42. The number of phenolic OH excluding ortho intramolecular Hbond substituents is 1. The first-order chi connectivity index (χ1) is 11.9. The molecule has 0 fully saturated rings. The summed E-state index contributed by atoms with van der Waals surface area (Å²) in [6, 6.07) is 10.6. The van der Waals surface area contributed by atoms with Gasteiger partial charge in [0.1, 0.15) is 29.1 Å². The van der Waals surface area contributed by atoms with Gasteiger partial charge in [-0.05, 0) is 61.0 Å². The number of nitrogens with zero attached hydrogens (tertiary/aromatic N) is 1. The molecule has 128 valence electrons. The van der Waals surface area contributed by atoms with E-state index < -0.39 is 17.8 Å². The monoisotopic (exact) mass is 360 g/mol. The summed E-state index contributed by atoms with van der Waals surface area (Å²) < 4.78 is 19.0. The summed E-state index contributed by atoms with van der Waals surface area (Å²) >= 11 is 5.81. The minimum Gasteiger partial charge on any atom is -0.508 e. The van der Waals surface area contributed by atoms with Crippen LogP contribution in [0.1, 0.15) is 33.5 Å². The number of benzene rings is 1. The summed E-state index contributed by atoms with van der Waals surface area (Å²) in [5.74, 6) is -0.980. The number of pyridine rings is 1. The Morgan fingerprint density at radius 1 is 1.28 bits per heavy atom. The lowest BCUT2D eigenvalue weighted by Gasteiger charge is -2.18. The summed E-state index contributed by atoms with van der Waals surface area (Å²) in [4.78, 5) is 16.7. The molecule has 0 radical (unpaired) electrons. The Hall–Kier alpha value is -2.86.